The van der Waals surface area contributed by atoms with Crippen LogP contribution in [-0.4, -0.2) is 47.2 Å². The van der Waals surface area contributed by atoms with E-state index in [9.17, 15) is 14.4 Å². The molecule has 0 bridgehead atoms. The van der Waals surface area contributed by atoms with Crippen LogP contribution in [0.4, 0.5) is 5.82 Å². The van der Waals surface area contributed by atoms with Crippen LogP contribution in [0.1, 0.15) is 22.8 Å². The minimum atomic E-state index is -0.410. The number of pyridine rings is 1. The molecule has 0 unspecified atom stereocenters. The third-order valence-corrected chi connectivity index (χ3v) is 5.68. The molecule has 1 amide bonds. The van der Waals surface area contributed by atoms with Gasteiger partial charge in [0.05, 0.1) is 19.8 Å². The van der Waals surface area contributed by atoms with E-state index in [1.165, 1.54) is 18.6 Å². The Hall–Kier alpha value is -4.73. The first-order chi connectivity index (χ1) is 17.9. The number of anilines is 1. The Morgan fingerprint density at radius 1 is 1.00 bits per heavy atom. The van der Waals surface area contributed by atoms with Crippen LogP contribution in [0.5, 0.6) is 5.75 Å². The number of benzene rings is 2. The maximum absolute atomic E-state index is 13.5. The molecule has 4 aromatic rings. The lowest BCUT2D eigenvalue weighted by Gasteiger charge is -2.14. The summed E-state index contributed by atoms with van der Waals surface area (Å²) in [6, 6.07) is 17.7. The monoisotopic (exact) mass is 501 g/mol. The van der Waals surface area contributed by atoms with E-state index in [0.29, 0.717) is 40.4 Å². The zero-order valence-corrected chi connectivity index (χ0v) is 20.8. The van der Waals surface area contributed by atoms with Crippen molar-refractivity contribution in [3.63, 3.8) is 0 Å². The van der Waals surface area contributed by atoms with Gasteiger partial charge in [0, 0.05) is 32.1 Å². The summed E-state index contributed by atoms with van der Waals surface area (Å²) in [6.07, 6.45) is 0. The second-order valence-corrected chi connectivity index (χ2v) is 8.21. The van der Waals surface area contributed by atoms with Gasteiger partial charge in [-0.3, -0.25) is 14.2 Å². The molecule has 190 valence electrons. The van der Waals surface area contributed by atoms with Crippen molar-refractivity contribution in [1.82, 2.24) is 19.9 Å². The molecular formula is C27H27N5O5. The molecule has 2 N–H and O–H groups in total. The lowest BCUT2D eigenvalue weighted by atomic mass is 10.1. The predicted octanol–water partition coefficient (Wildman–Crippen LogP) is 3.00. The molecule has 0 aliphatic carbocycles. The minimum Gasteiger partial charge on any atom is -0.497 e. The van der Waals surface area contributed by atoms with Crippen molar-refractivity contribution in [3.05, 3.63) is 82.1 Å². The molecule has 0 aliphatic rings. The molecule has 2 heterocycles. The highest BCUT2D eigenvalue weighted by molar-refractivity contribution is 5.89. The van der Waals surface area contributed by atoms with Crippen molar-refractivity contribution in [1.29, 1.82) is 0 Å². The summed E-state index contributed by atoms with van der Waals surface area (Å²) in [6.45, 7) is 2.30. The van der Waals surface area contributed by atoms with Crippen LogP contribution in [0.15, 0.2) is 65.5 Å². The molecule has 4 rings (SSSR count). The van der Waals surface area contributed by atoms with Crippen molar-refractivity contribution in [2.24, 2.45) is 0 Å². The smallest absolute Gasteiger partial charge is 0.337 e. The Bertz CT molecular complexity index is 1500. The largest absolute Gasteiger partial charge is 0.497 e. The van der Waals surface area contributed by atoms with E-state index in [4.69, 9.17) is 9.47 Å². The number of fused-ring (bicyclic) bond motifs is 1. The summed E-state index contributed by atoms with van der Waals surface area (Å²) in [5.74, 6) is 0.603. The zero-order chi connectivity index (χ0) is 26.4. The van der Waals surface area contributed by atoms with Gasteiger partial charge in [0.25, 0.3) is 5.56 Å². The molecule has 0 atom stereocenters. The Morgan fingerprint density at radius 3 is 2.49 bits per heavy atom. The van der Waals surface area contributed by atoms with Crippen LogP contribution in [0, 0.1) is 0 Å². The summed E-state index contributed by atoms with van der Waals surface area (Å²) < 4.78 is 11.5. The van der Waals surface area contributed by atoms with Gasteiger partial charge in [-0.25, -0.2) is 14.8 Å². The van der Waals surface area contributed by atoms with Crippen LogP contribution in [0.25, 0.3) is 22.4 Å². The van der Waals surface area contributed by atoms with Crippen LogP contribution in [-0.2, 0) is 22.6 Å². The molecule has 0 fully saturated rings. The highest BCUT2D eigenvalue weighted by Gasteiger charge is 2.15. The molecule has 0 aliphatic heterocycles. The van der Waals surface area contributed by atoms with Crippen LogP contribution in [0.2, 0.25) is 0 Å². The normalized spacial score (nSPS) is 10.7. The van der Waals surface area contributed by atoms with E-state index in [-0.39, 0.29) is 30.2 Å². The number of hydrogen-bond donors (Lipinski definition) is 2. The second-order valence-electron chi connectivity index (χ2n) is 8.21. The summed E-state index contributed by atoms with van der Waals surface area (Å²) in [5.41, 5.74) is 2.84. The van der Waals surface area contributed by atoms with Crippen molar-refractivity contribution < 1.29 is 19.1 Å². The lowest BCUT2D eigenvalue weighted by Crippen LogP contribution is -2.31. The summed E-state index contributed by atoms with van der Waals surface area (Å²) >= 11 is 0. The molecular weight excluding hydrogens is 474 g/mol. The number of aromatic nitrogens is 3. The van der Waals surface area contributed by atoms with E-state index in [2.05, 4.69) is 20.6 Å². The molecule has 2 aromatic carbocycles. The van der Waals surface area contributed by atoms with Crippen LogP contribution in [0.3, 0.4) is 0 Å². The first kappa shape index (κ1) is 25.4. The van der Waals surface area contributed by atoms with Crippen LogP contribution < -0.4 is 20.9 Å². The second kappa shape index (κ2) is 11.3. The van der Waals surface area contributed by atoms with Gasteiger partial charge >= 0.3 is 5.97 Å². The molecule has 0 radical (unpaired) electrons. The number of carbonyl (C=O) groups excluding carboxylic acids is 2. The molecule has 37 heavy (non-hydrogen) atoms. The van der Waals surface area contributed by atoms with Gasteiger partial charge in [-0.15, -0.1) is 0 Å². The molecule has 2 aromatic heterocycles. The maximum atomic E-state index is 13.5. The van der Waals surface area contributed by atoms with Crippen LogP contribution >= 0.6 is 0 Å². The Kier molecular flexibility index (Phi) is 7.77. The highest BCUT2D eigenvalue weighted by atomic mass is 16.5. The third-order valence-electron chi connectivity index (χ3n) is 5.68. The number of rotatable bonds is 9. The van der Waals surface area contributed by atoms with Gasteiger partial charge < -0.3 is 20.1 Å². The molecule has 0 spiro atoms. The fourth-order valence-electron chi connectivity index (χ4n) is 3.82. The Morgan fingerprint density at radius 2 is 1.78 bits per heavy atom. The van der Waals surface area contributed by atoms with Gasteiger partial charge in [0.1, 0.15) is 22.8 Å². The Labute approximate surface area is 213 Å². The van der Waals surface area contributed by atoms with Gasteiger partial charge in [0.2, 0.25) is 5.91 Å². The number of esters is 1. The number of methoxy groups -OCH3 is 2. The van der Waals surface area contributed by atoms with E-state index >= 15 is 0 Å². The van der Waals surface area contributed by atoms with Gasteiger partial charge in [-0.05, 0) is 54.1 Å². The van der Waals surface area contributed by atoms with Crippen molar-refractivity contribution in [2.45, 2.75) is 20.0 Å². The standard InChI is InChI=1S/C27H27N5O5/c1-17(33)28-13-14-32-25-22(30-24(26(32)34)19-7-9-21(36-2)10-8-19)11-12-23(31-25)29-16-18-5-4-6-20(15-18)27(35)37-3/h4-12,15H,13-14,16H2,1-3H3,(H,28,33)(H,29,31). The average Bonchev–Trinajstić information content (AvgIpc) is 2.92. The fourth-order valence-corrected chi connectivity index (χ4v) is 3.82. The van der Waals surface area contributed by atoms with Crippen molar-refractivity contribution in [2.75, 3.05) is 26.1 Å². The lowest BCUT2D eigenvalue weighted by molar-refractivity contribution is -0.118. The third kappa shape index (κ3) is 5.92. The first-order valence-corrected chi connectivity index (χ1v) is 11.6. The highest BCUT2D eigenvalue weighted by Crippen LogP contribution is 2.21. The Balaban J connectivity index is 1.68. The number of ether oxygens (including phenoxy) is 2. The quantitative estimate of drug-likeness (QED) is 0.336. The fraction of sp³-hybridized carbons (Fsp3) is 0.222. The average molecular weight is 502 g/mol. The van der Waals surface area contributed by atoms with Gasteiger partial charge in [-0.1, -0.05) is 12.1 Å². The van der Waals surface area contributed by atoms with E-state index in [1.807, 2.05) is 6.07 Å². The SMILES string of the molecule is COC(=O)c1cccc(CNc2ccc3nc(-c4ccc(OC)cc4)c(=O)n(CCNC(C)=O)c3n2)c1. The van der Waals surface area contributed by atoms with E-state index < -0.39 is 5.97 Å². The predicted molar refractivity (Wildman–Crippen MR) is 140 cm³/mol. The van der Waals surface area contributed by atoms with E-state index in [1.54, 1.807) is 61.7 Å². The molecule has 0 saturated carbocycles. The number of nitrogens with one attached hydrogen (secondary N) is 2. The summed E-state index contributed by atoms with van der Waals surface area (Å²) in [5, 5.41) is 5.95. The molecule has 10 nitrogen and oxygen atoms in total. The van der Waals surface area contributed by atoms with E-state index in [0.717, 1.165) is 5.56 Å². The first-order valence-electron chi connectivity index (χ1n) is 11.6. The van der Waals surface area contributed by atoms with Crippen molar-refractivity contribution >= 4 is 28.9 Å². The molecule has 10 heteroatoms. The molecule has 0 saturated heterocycles. The summed E-state index contributed by atoms with van der Waals surface area (Å²) in [4.78, 5) is 46.0. The number of hydrogen-bond acceptors (Lipinski definition) is 8. The van der Waals surface area contributed by atoms with Crippen molar-refractivity contribution in [3.8, 4) is 17.0 Å². The van der Waals surface area contributed by atoms with Gasteiger partial charge in [0.15, 0.2) is 5.65 Å². The van der Waals surface area contributed by atoms with Gasteiger partial charge in [-0.2, -0.15) is 0 Å². The zero-order valence-electron chi connectivity index (χ0n) is 20.8. The topological polar surface area (TPSA) is 124 Å². The maximum Gasteiger partial charge on any atom is 0.337 e. The number of amides is 1. The summed E-state index contributed by atoms with van der Waals surface area (Å²) in [7, 11) is 2.91. The number of nitrogens with zero attached hydrogens (tertiary/aromatic N) is 3. The number of carbonyl (C=O) groups is 2. The minimum absolute atomic E-state index is 0.189.